The van der Waals surface area contributed by atoms with Crippen molar-refractivity contribution in [3.8, 4) is 0 Å². The average molecular weight is 343 g/mol. The Labute approximate surface area is 144 Å². The molecule has 0 heterocycles. The third-order valence-electron chi connectivity index (χ3n) is 3.63. The lowest BCUT2D eigenvalue weighted by atomic mass is 9.85. The van der Waals surface area contributed by atoms with E-state index >= 15 is 0 Å². The van der Waals surface area contributed by atoms with E-state index in [1.54, 1.807) is 0 Å². The van der Waals surface area contributed by atoms with Crippen molar-refractivity contribution in [2.24, 2.45) is 11.7 Å². The molecule has 3 nitrogen and oxygen atoms in total. The summed E-state index contributed by atoms with van der Waals surface area (Å²) in [4.78, 5) is 13.5. The minimum absolute atomic E-state index is 0. The predicted molar refractivity (Wildman–Crippen MR) is 97.9 cm³/mol. The van der Waals surface area contributed by atoms with Gasteiger partial charge < -0.3 is 11.1 Å². The number of halogens is 1. The normalized spacial score (nSPS) is 21.8. The molecule has 5 heteroatoms. The molecule has 124 valence electrons. The molecule has 0 saturated heterocycles. The molecule has 2 rings (SSSR count). The highest BCUT2D eigenvalue weighted by Crippen LogP contribution is 2.32. The largest absolute Gasteiger partial charge is 0.328 e. The highest BCUT2D eigenvalue weighted by molar-refractivity contribution is 8.00. The zero-order valence-corrected chi connectivity index (χ0v) is 15.2. The van der Waals surface area contributed by atoms with E-state index in [-0.39, 0.29) is 35.0 Å². The van der Waals surface area contributed by atoms with E-state index in [9.17, 15) is 4.79 Å². The highest BCUT2D eigenvalue weighted by Gasteiger charge is 2.25. The maximum absolute atomic E-state index is 12.3. The number of nitrogens with two attached hydrogens (primary N) is 1. The van der Waals surface area contributed by atoms with Gasteiger partial charge in [0.05, 0.1) is 0 Å². The second-order valence-corrected chi connectivity index (χ2v) is 8.75. The Balaban J connectivity index is 0.00000242. The highest BCUT2D eigenvalue weighted by atomic mass is 35.5. The van der Waals surface area contributed by atoms with Crippen LogP contribution in [0, 0.1) is 5.92 Å². The molecule has 22 heavy (non-hydrogen) atoms. The van der Waals surface area contributed by atoms with Gasteiger partial charge in [-0.3, -0.25) is 4.79 Å². The van der Waals surface area contributed by atoms with Gasteiger partial charge in [-0.25, -0.2) is 0 Å². The second-order valence-electron chi connectivity index (χ2n) is 6.85. The molecule has 0 aromatic heterocycles. The van der Waals surface area contributed by atoms with Crippen molar-refractivity contribution < 1.29 is 4.79 Å². The molecule has 3 N–H and O–H groups in total. The molecule has 1 aliphatic rings. The van der Waals surface area contributed by atoms with E-state index in [4.69, 9.17) is 5.73 Å². The summed E-state index contributed by atoms with van der Waals surface area (Å²) in [7, 11) is 0. The fourth-order valence-electron chi connectivity index (χ4n) is 2.67. The average Bonchev–Trinajstić information content (AvgIpc) is 2.39. The summed E-state index contributed by atoms with van der Waals surface area (Å²) >= 11 is 1.83. The molecule has 1 aliphatic carbocycles. The third kappa shape index (κ3) is 6.19. The van der Waals surface area contributed by atoms with Crippen molar-refractivity contribution in [2.45, 2.75) is 62.1 Å². The van der Waals surface area contributed by atoms with Crippen molar-refractivity contribution in [1.82, 2.24) is 0 Å². The Bertz CT molecular complexity index is 484. The van der Waals surface area contributed by atoms with Gasteiger partial charge in [-0.2, -0.15) is 0 Å². The first-order valence-electron chi connectivity index (χ1n) is 7.69. The lowest BCUT2D eigenvalue weighted by Gasteiger charge is -2.25. The molecular weight excluding hydrogens is 316 g/mol. The SMILES string of the molecule is CC(C)(C)Sc1ccc(NC(=O)C2CCCC(N)C2)cc1.Cl. The van der Waals surface area contributed by atoms with Crippen LogP contribution in [0.5, 0.6) is 0 Å². The van der Waals surface area contributed by atoms with Crippen molar-refractivity contribution in [1.29, 1.82) is 0 Å². The summed E-state index contributed by atoms with van der Waals surface area (Å²) in [6.45, 7) is 6.58. The number of hydrogen-bond acceptors (Lipinski definition) is 3. The molecule has 2 unspecified atom stereocenters. The molecule has 1 aromatic carbocycles. The van der Waals surface area contributed by atoms with Gasteiger partial charge in [0.15, 0.2) is 0 Å². The second kappa shape index (κ2) is 8.23. The number of anilines is 1. The van der Waals surface area contributed by atoms with Gasteiger partial charge in [0, 0.05) is 27.3 Å². The predicted octanol–water partition coefficient (Wildman–Crippen LogP) is 4.46. The molecule has 2 atom stereocenters. The van der Waals surface area contributed by atoms with E-state index in [0.29, 0.717) is 0 Å². The molecule has 1 amide bonds. The number of hydrogen-bond donors (Lipinski definition) is 2. The molecule has 0 spiro atoms. The Kier molecular flexibility index (Phi) is 7.23. The van der Waals surface area contributed by atoms with E-state index in [1.165, 1.54) is 4.90 Å². The number of amides is 1. The van der Waals surface area contributed by atoms with E-state index in [0.717, 1.165) is 31.4 Å². The van der Waals surface area contributed by atoms with Crippen LogP contribution in [0.1, 0.15) is 46.5 Å². The molecule has 0 aliphatic heterocycles. The Hall–Kier alpha value is -0.710. The van der Waals surface area contributed by atoms with Crippen LogP contribution in [-0.4, -0.2) is 16.7 Å². The smallest absolute Gasteiger partial charge is 0.227 e. The van der Waals surface area contributed by atoms with Gasteiger partial charge in [-0.15, -0.1) is 24.2 Å². The Morgan fingerprint density at radius 2 is 1.86 bits per heavy atom. The van der Waals surface area contributed by atoms with Crippen molar-refractivity contribution in [3.05, 3.63) is 24.3 Å². The van der Waals surface area contributed by atoms with Crippen LogP contribution >= 0.6 is 24.2 Å². The molecule has 0 bridgehead atoms. The van der Waals surface area contributed by atoms with Crippen LogP contribution in [0.2, 0.25) is 0 Å². The summed E-state index contributed by atoms with van der Waals surface area (Å²) < 4.78 is 0.197. The van der Waals surface area contributed by atoms with Gasteiger partial charge in [-0.1, -0.05) is 27.2 Å². The quantitative estimate of drug-likeness (QED) is 0.797. The maximum Gasteiger partial charge on any atom is 0.227 e. The van der Waals surface area contributed by atoms with Crippen molar-refractivity contribution >= 4 is 35.8 Å². The standard InChI is InChI=1S/C17H26N2OS.ClH/c1-17(2,3)21-15-9-7-14(8-10-15)19-16(20)12-5-4-6-13(18)11-12;/h7-10,12-13H,4-6,11,18H2,1-3H3,(H,19,20);1H. The fraction of sp³-hybridized carbons (Fsp3) is 0.588. The molecular formula is C17H27ClN2OS. The van der Waals surface area contributed by atoms with Gasteiger partial charge in [0.2, 0.25) is 5.91 Å². The first-order chi connectivity index (χ1) is 9.83. The van der Waals surface area contributed by atoms with Crippen LogP contribution in [0.4, 0.5) is 5.69 Å². The van der Waals surface area contributed by atoms with Crippen LogP contribution in [0.3, 0.4) is 0 Å². The number of rotatable bonds is 3. The summed E-state index contributed by atoms with van der Waals surface area (Å²) in [6.07, 6.45) is 3.87. The number of nitrogens with one attached hydrogen (secondary N) is 1. The summed E-state index contributed by atoms with van der Waals surface area (Å²) in [5.74, 6) is 0.179. The lowest BCUT2D eigenvalue weighted by Crippen LogP contribution is -2.34. The number of thioether (sulfide) groups is 1. The Morgan fingerprint density at radius 3 is 2.41 bits per heavy atom. The van der Waals surface area contributed by atoms with Gasteiger partial charge in [0.1, 0.15) is 0 Å². The fourth-order valence-corrected chi connectivity index (χ4v) is 3.65. The van der Waals surface area contributed by atoms with E-state index in [1.807, 2.05) is 23.9 Å². The third-order valence-corrected chi connectivity index (χ3v) is 4.75. The van der Waals surface area contributed by atoms with Crippen LogP contribution < -0.4 is 11.1 Å². The summed E-state index contributed by atoms with van der Waals surface area (Å²) in [5.41, 5.74) is 6.82. The van der Waals surface area contributed by atoms with Crippen molar-refractivity contribution in [3.63, 3.8) is 0 Å². The molecule has 1 saturated carbocycles. The van der Waals surface area contributed by atoms with Crippen LogP contribution in [0.15, 0.2) is 29.2 Å². The first-order valence-corrected chi connectivity index (χ1v) is 8.51. The zero-order valence-electron chi connectivity index (χ0n) is 13.6. The number of carbonyl (C=O) groups is 1. The number of carbonyl (C=O) groups excluding carboxylic acids is 1. The van der Waals surface area contributed by atoms with Crippen LogP contribution in [-0.2, 0) is 4.79 Å². The lowest BCUT2D eigenvalue weighted by molar-refractivity contribution is -0.120. The summed E-state index contributed by atoms with van der Waals surface area (Å²) in [5, 5.41) is 3.02. The minimum Gasteiger partial charge on any atom is -0.328 e. The molecule has 1 aromatic rings. The molecule has 1 fully saturated rings. The van der Waals surface area contributed by atoms with E-state index in [2.05, 4.69) is 38.2 Å². The zero-order chi connectivity index (χ0) is 15.5. The van der Waals surface area contributed by atoms with Gasteiger partial charge >= 0.3 is 0 Å². The van der Waals surface area contributed by atoms with Crippen LogP contribution in [0.25, 0.3) is 0 Å². The Morgan fingerprint density at radius 1 is 1.23 bits per heavy atom. The maximum atomic E-state index is 12.3. The number of benzene rings is 1. The monoisotopic (exact) mass is 342 g/mol. The topological polar surface area (TPSA) is 55.1 Å². The van der Waals surface area contributed by atoms with Gasteiger partial charge in [-0.05, 0) is 43.5 Å². The minimum atomic E-state index is 0. The van der Waals surface area contributed by atoms with Crippen molar-refractivity contribution in [2.75, 3.05) is 5.32 Å². The van der Waals surface area contributed by atoms with Gasteiger partial charge in [0.25, 0.3) is 0 Å². The molecule has 0 radical (unpaired) electrons. The van der Waals surface area contributed by atoms with E-state index < -0.39 is 0 Å². The summed E-state index contributed by atoms with van der Waals surface area (Å²) in [6, 6.07) is 8.28. The first kappa shape index (κ1) is 19.3.